The van der Waals surface area contributed by atoms with E-state index in [1.165, 1.54) is 31.3 Å². The fourth-order valence-electron chi connectivity index (χ4n) is 8.30. The molecule has 0 spiro atoms. The van der Waals surface area contributed by atoms with Crippen LogP contribution in [0.3, 0.4) is 0 Å². The third kappa shape index (κ3) is 1.60. The van der Waals surface area contributed by atoms with Gasteiger partial charge in [0.1, 0.15) is 0 Å². The summed E-state index contributed by atoms with van der Waals surface area (Å²) in [6.07, 6.45) is 11.2. The molecule has 0 radical (unpaired) electrons. The lowest BCUT2D eigenvalue weighted by atomic mass is 9.47. The van der Waals surface area contributed by atoms with Crippen molar-refractivity contribution >= 4 is 5.78 Å². The molecular formula is C22H29NO. The van der Waals surface area contributed by atoms with E-state index in [2.05, 4.69) is 19.9 Å². The molecule has 5 rings (SSSR count). The van der Waals surface area contributed by atoms with E-state index < -0.39 is 0 Å². The van der Waals surface area contributed by atoms with Crippen molar-refractivity contribution in [1.82, 2.24) is 0 Å². The first kappa shape index (κ1) is 15.2. The molecular weight excluding hydrogens is 294 g/mol. The Balaban J connectivity index is 1.52. The molecule has 8 atom stereocenters. The molecule has 0 aromatic rings. The van der Waals surface area contributed by atoms with E-state index in [0.717, 1.165) is 49.4 Å². The van der Waals surface area contributed by atoms with Crippen LogP contribution in [0.4, 0.5) is 0 Å². The Bertz CT molecular complexity index is 672. The predicted molar refractivity (Wildman–Crippen MR) is 92.8 cm³/mol. The maximum Gasteiger partial charge on any atom is 0.155 e. The van der Waals surface area contributed by atoms with Gasteiger partial charge in [0.25, 0.3) is 0 Å². The highest BCUT2D eigenvalue weighted by molar-refractivity contribution is 5.91. The largest absolute Gasteiger partial charge is 0.295 e. The second-order valence-electron chi connectivity index (χ2n) is 9.62. The van der Waals surface area contributed by atoms with Gasteiger partial charge in [0.05, 0.1) is 11.5 Å². The lowest BCUT2D eigenvalue weighted by molar-refractivity contribution is -0.116. The number of hydrogen-bond acceptors (Lipinski definition) is 2. The molecule has 0 amide bonds. The lowest BCUT2D eigenvalue weighted by Gasteiger charge is -2.57. The van der Waals surface area contributed by atoms with E-state index in [1.54, 1.807) is 0 Å². The summed E-state index contributed by atoms with van der Waals surface area (Å²) in [7, 11) is 0. The Labute approximate surface area is 145 Å². The van der Waals surface area contributed by atoms with Crippen LogP contribution >= 0.6 is 0 Å². The van der Waals surface area contributed by atoms with E-state index in [9.17, 15) is 10.1 Å². The van der Waals surface area contributed by atoms with Crippen LogP contribution in [0.1, 0.15) is 65.2 Å². The second kappa shape index (κ2) is 4.75. The van der Waals surface area contributed by atoms with Gasteiger partial charge in [-0.05, 0) is 91.9 Å². The lowest BCUT2D eigenvalue weighted by Crippen LogP contribution is -2.51. The van der Waals surface area contributed by atoms with Gasteiger partial charge in [-0.15, -0.1) is 0 Å². The highest BCUT2D eigenvalue weighted by Crippen LogP contribution is 2.79. The first-order valence-electron chi connectivity index (χ1n) is 10.2. The minimum absolute atomic E-state index is 0.0497. The normalized spacial score (nSPS) is 54.7. The third-order valence-corrected chi connectivity index (χ3v) is 9.26. The average molecular weight is 323 g/mol. The van der Waals surface area contributed by atoms with Crippen molar-refractivity contribution in [2.75, 3.05) is 0 Å². The van der Waals surface area contributed by atoms with Crippen molar-refractivity contribution < 1.29 is 4.79 Å². The number of ketones is 1. The summed E-state index contributed by atoms with van der Waals surface area (Å²) in [6, 6.07) is 2.86. The fraction of sp³-hybridized carbons (Fsp3) is 0.818. The molecule has 4 fully saturated rings. The van der Waals surface area contributed by atoms with Crippen molar-refractivity contribution in [3.8, 4) is 6.07 Å². The molecule has 4 saturated carbocycles. The van der Waals surface area contributed by atoms with Crippen LogP contribution in [0.5, 0.6) is 0 Å². The fourth-order valence-corrected chi connectivity index (χ4v) is 8.30. The third-order valence-electron chi connectivity index (χ3n) is 9.26. The Hall–Kier alpha value is -1.10. The van der Waals surface area contributed by atoms with Gasteiger partial charge in [0.15, 0.2) is 5.78 Å². The summed E-state index contributed by atoms with van der Waals surface area (Å²) in [6.45, 7) is 4.73. The molecule has 0 bridgehead atoms. The number of carbonyl (C=O) groups is 1. The molecule has 24 heavy (non-hydrogen) atoms. The molecule has 0 saturated heterocycles. The van der Waals surface area contributed by atoms with E-state index in [1.807, 2.05) is 6.08 Å². The Morgan fingerprint density at radius 1 is 1.21 bits per heavy atom. The first-order chi connectivity index (χ1) is 11.6. The van der Waals surface area contributed by atoms with Gasteiger partial charge < -0.3 is 0 Å². The summed E-state index contributed by atoms with van der Waals surface area (Å²) in [5.41, 5.74) is 1.67. The topological polar surface area (TPSA) is 40.9 Å². The van der Waals surface area contributed by atoms with Crippen molar-refractivity contribution in [2.45, 2.75) is 65.2 Å². The van der Waals surface area contributed by atoms with Crippen molar-refractivity contribution in [3.05, 3.63) is 11.6 Å². The summed E-state index contributed by atoms with van der Waals surface area (Å²) in [5, 5.41) is 10.1. The molecule has 0 aromatic heterocycles. The average Bonchev–Trinajstić information content (AvgIpc) is 3.32. The van der Waals surface area contributed by atoms with Gasteiger partial charge in [-0.2, -0.15) is 5.26 Å². The number of allylic oxidation sites excluding steroid dienone is 1. The van der Waals surface area contributed by atoms with Crippen molar-refractivity contribution in [1.29, 1.82) is 5.26 Å². The monoisotopic (exact) mass is 323 g/mol. The number of rotatable bonds is 1. The van der Waals surface area contributed by atoms with E-state index in [-0.39, 0.29) is 10.8 Å². The number of fused-ring (bicyclic) bond motifs is 7. The van der Waals surface area contributed by atoms with Gasteiger partial charge in [0, 0.05) is 6.42 Å². The van der Waals surface area contributed by atoms with Gasteiger partial charge in [-0.25, -0.2) is 0 Å². The van der Waals surface area contributed by atoms with Crippen molar-refractivity contribution in [2.24, 2.45) is 46.3 Å². The highest BCUT2D eigenvalue weighted by Gasteiger charge is 2.75. The molecule has 2 heteroatoms. The molecule has 2 nitrogen and oxygen atoms in total. The Kier molecular flexibility index (Phi) is 3.00. The van der Waals surface area contributed by atoms with E-state index in [4.69, 9.17) is 0 Å². The first-order valence-corrected chi connectivity index (χ1v) is 10.2. The molecule has 0 heterocycles. The van der Waals surface area contributed by atoms with Crippen LogP contribution in [0.15, 0.2) is 11.6 Å². The Morgan fingerprint density at radius 2 is 2.04 bits per heavy atom. The molecule has 0 aromatic carbocycles. The quantitative estimate of drug-likeness (QED) is 0.688. The van der Waals surface area contributed by atoms with Gasteiger partial charge in [-0.3, -0.25) is 4.79 Å². The summed E-state index contributed by atoms with van der Waals surface area (Å²) >= 11 is 0. The SMILES string of the molecule is CC[C@]1(C#N)[C@H]2C[C@H]2[C@H]2[C@@H]3CCC4=CC(=O)CC[C@@H]4[C@H]3CC[C@@]21C. The minimum atomic E-state index is -0.0497. The van der Waals surface area contributed by atoms with Gasteiger partial charge in [0.2, 0.25) is 0 Å². The second-order valence-corrected chi connectivity index (χ2v) is 9.62. The maximum atomic E-state index is 11.8. The van der Waals surface area contributed by atoms with Crippen molar-refractivity contribution in [3.63, 3.8) is 0 Å². The standard InChI is InChI=1S/C22H29NO/c1-3-22(12-23)19-11-18(19)20-17-6-4-13-10-14(24)5-7-15(13)16(17)8-9-21(20,22)2/h10,15-20H,3-9,11H2,1-2H3/t15-,16+,17+,18+,19-,20+,21-,22-/m0/s1. The van der Waals surface area contributed by atoms with Crippen LogP contribution in [-0.4, -0.2) is 5.78 Å². The maximum absolute atomic E-state index is 11.8. The van der Waals surface area contributed by atoms with Crippen LogP contribution in [0.2, 0.25) is 0 Å². The predicted octanol–water partition coefficient (Wildman–Crippen LogP) is 4.90. The Morgan fingerprint density at radius 3 is 2.79 bits per heavy atom. The molecule has 0 N–H and O–H groups in total. The number of hydrogen-bond donors (Lipinski definition) is 0. The molecule has 5 aliphatic rings. The van der Waals surface area contributed by atoms with Crippen LogP contribution in [0.25, 0.3) is 0 Å². The number of nitrogens with zero attached hydrogens (tertiary/aromatic N) is 1. The van der Waals surface area contributed by atoms with Crippen LogP contribution in [0, 0.1) is 57.7 Å². The molecule has 5 aliphatic carbocycles. The van der Waals surface area contributed by atoms with Gasteiger partial charge >= 0.3 is 0 Å². The number of carbonyl (C=O) groups excluding carboxylic acids is 1. The summed E-state index contributed by atoms with van der Waals surface area (Å²) < 4.78 is 0. The van der Waals surface area contributed by atoms with Crippen LogP contribution in [-0.2, 0) is 4.79 Å². The molecule has 128 valence electrons. The van der Waals surface area contributed by atoms with Gasteiger partial charge in [-0.1, -0.05) is 19.4 Å². The zero-order valence-corrected chi connectivity index (χ0v) is 15.1. The van der Waals surface area contributed by atoms with E-state index in [0.29, 0.717) is 17.6 Å². The number of nitriles is 1. The summed E-state index contributed by atoms with van der Waals surface area (Å²) in [5.74, 6) is 4.95. The zero-order valence-electron chi connectivity index (χ0n) is 15.1. The van der Waals surface area contributed by atoms with E-state index >= 15 is 0 Å². The minimum Gasteiger partial charge on any atom is -0.295 e. The molecule has 0 aliphatic heterocycles. The van der Waals surface area contributed by atoms with Crippen LogP contribution < -0.4 is 0 Å². The molecule has 0 unspecified atom stereocenters. The smallest absolute Gasteiger partial charge is 0.155 e. The zero-order chi connectivity index (χ0) is 16.7. The highest BCUT2D eigenvalue weighted by atomic mass is 16.1. The summed E-state index contributed by atoms with van der Waals surface area (Å²) in [4.78, 5) is 11.8.